The van der Waals surface area contributed by atoms with Crippen LogP contribution in [0.15, 0.2) is 25.3 Å². The van der Waals surface area contributed by atoms with Crippen LogP contribution >= 0.6 is 11.8 Å². The summed E-state index contributed by atoms with van der Waals surface area (Å²) in [5.41, 5.74) is -0.484. The first kappa shape index (κ1) is 30.7. The van der Waals surface area contributed by atoms with Crippen LogP contribution in [0.3, 0.4) is 0 Å². The molecule has 0 aromatic rings. The van der Waals surface area contributed by atoms with Crippen LogP contribution in [-0.4, -0.2) is 90.9 Å². The number of carbonyl (C=O) groups is 3. The van der Waals surface area contributed by atoms with Gasteiger partial charge in [0.1, 0.15) is 6.04 Å². The molecule has 3 saturated heterocycles. The molecular weight excluding hydrogens is 498 g/mol. The SMILES string of the molecule is C=CCN(CCC)C(=O)[C@@H]1[C@H]2C(=O)N([C@@H](CO)[C@@H](C)CC)C(C(=O)N(CC=C)C(C)(C)C)C23CC[C@@]1(C)S3. The molecule has 38 heavy (non-hydrogen) atoms. The van der Waals surface area contributed by atoms with Gasteiger partial charge in [0, 0.05) is 29.9 Å². The highest BCUT2D eigenvalue weighted by molar-refractivity contribution is 8.02. The Morgan fingerprint density at radius 3 is 2.32 bits per heavy atom. The Hall–Kier alpha value is -1.80. The number of fused-ring (bicyclic) bond motifs is 1. The summed E-state index contributed by atoms with van der Waals surface area (Å²) < 4.78 is -1.13. The van der Waals surface area contributed by atoms with Crippen molar-refractivity contribution >= 4 is 29.5 Å². The monoisotopic (exact) mass is 547 g/mol. The van der Waals surface area contributed by atoms with Gasteiger partial charge in [-0.1, -0.05) is 39.3 Å². The Morgan fingerprint density at radius 2 is 1.82 bits per heavy atom. The zero-order valence-corrected chi connectivity index (χ0v) is 25.4. The predicted molar refractivity (Wildman–Crippen MR) is 155 cm³/mol. The van der Waals surface area contributed by atoms with E-state index in [1.54, 1.807) is 33.7 Å². The molecule has 3 fully saturated rings. The molecule has 0 aliphatic carbocycles. The Morgan fingerprint density at radius 1 is 1.18 bits per heavy atom. The molecule has 0 radical (unpaired) electrons. The third kappa shape index (κ3) is 4.85. The van der Waals surface area contributed by atoms with E-state index in [1.807, 2.05) is 46.4 Å². The summed E-state index contributed by atoms with van der Waals surface area (Å²) in [5.74, 6) is -1.39. The third-order valence-corrected chi connectivity index (χ3v) is 11.1. The lowest BCUT2D eigenvalue weighted by Gasteiger charge is -2.44. The fraction of sp³-hybridized carbons (Fsp3) is 0.767. The molecule has 3 aliphatic rings. The molecule has 3 rings (SSSR count). The van der Waals surface area contributed by atoms with E-state index >= 15 is 0 Å². The number of hydrogen-bond donors (Lipinski definition) is 1. The fourth-order valence-corrected chi connectivity index (χ4v) is 9.41. The molecule has 0 aromatic carbocycles. The van der Waals surface area contributed by atoms with E-state index in [0.717, 1.165) is 19.3 Å². The summed E-state index contributed by atoms with van der Waals surface area (Å²) in [4.78, 5) is 48.6. The first-order valence-corrected chi connectivity index (χ1v) is 15.1. The molecule has 7 atom stereocenters. The highest BCUT2D eigenvalue weighted by atomic mass is 32.2. The van der Waals surface area contributed by atoms with Gasteiger partial charge < -0.3 is 19.8 Å². The molecule has 1 spiro atoms. The lowest BCUT2D eigenvalue weighted by atomic mass is 9.66. The molecule has 2 bridgehead atoms. The maximum atomic E-state index is 14.6. The summed E-state index contributed by atoms with van der Waals surface area (Å²) in [6.45, 7) is 23.1. The lowest BCUT2D eigenvalue weighted by molar-refractivity contribution is -0.150. The molecule has 3 aliphatic heterocycles. The van der Waals surface area contributed by atoms with Crippen molar-refractivity contribution in [3.05, 3.63) is 25.3 Å². The first-order chi connectivity index (χ1) is 17.8. The second kappa shape index (κ2) is 11.4. The van der Waals surface area contributed by atoms with Crippen LogP contribution < -0.4 is 0 Å². The summed E-state index contributed by atoms with van der Waals surface area (Å²) in [5, 5.41) is 10.6. The van der Waals surface area contributed by atoms with Gasteiger partial charge in [0.15, 0.2) is 0 Å². The van der Waals surface area contributed by atoms with Crippen molar-refractivity contribution in [2.45, 2.75) is 101 Å². The van der Waals surface area contributed by atoms with Crippen molar-refractivity contribution in [2.24, 2.45) is 17.8 Å². The van der Waals surface area contributed by atoms with E-state index in [-0.39, 0.29) is 30.2 Å². The van der Waals surface area contributed by atoms with Gasteiger partial charge in [-0.3, -0.25) is 14.4 Å². The van der Waals surface area contributed by atoms with Crippen LogP contribution in [0.4, 0.5) is 0 Å². The number of hydrogen-bond acceptors (Lipinski definition) is 5. The van der Waals surface area contributed by atoms with Gasteiger partial charge in [0.25, 0.3) is 0 Å². The number of aliphatic hydroxyl groups excluding tert-OH is 1. The quantitative estimate of drug-likeness (QED) is 0.372. The minimum atomic E-state index is -0.742. The van der Waals surface area contributed by atoms with Gasteiger partial charge in [-0.25, -0.2) is 0 Å². The van der Waals surface area contributed by atoms with E-state index in [4.69, 9.17) is 0 Å². The largest absolute Gasteiger partial charge is 0.394 e. The molecular formula is C30H49N3O4S. The van der Waals surface area contributed by atoms with Crippen molar-refractivity contribution in [1.82, 2.24) is 14.7 Å². The summed E-state index contributed by atoms with van der Waals surface area (Å²) in [6, 6.07) is -1.23. The molecule has 7 nitrogen and oxygen atoms in total. The minimum Gasteiger partial charge on any atom is -0.394 e. The van der Waals surface area contributed by atoms with E-state index < -0.39 is 39.0 Å². The van der Waals surface area contributed by atoms with Crippen molar-refractivity contribution < 1.29 is 19.5 Å². The fourth-order valence-electron chi connectivity index (χ4n) is 7.08. The van der Waals surface area contributed by atoms with Gasteiger partial charge in [0.2, 0.25) is 17.7 Å². The summed E-state index contributed by atoms with van der Waals surface area (Å²) in [7, 11) is 0. The topological polar surface area (TPSA) is 81.2 Å². The maximum Gasteiger partial charge on any atom is 0.247 e. The second-order valence-electron chi connectivity index (χ2n) is 12.6. The van der Waals surface area contributed by atoms with Crippen molar-refractivity contribution in [1.29, 1.82) is 0 Å². The summed E-state index contributed by atoms with van der Waals surface area (Å²) in [6.07, 6.45) is 6.51. The zero-order valence-electron chi connectivity index (χ0n) is 24.5. The van der Waals surface area contributed by atoms with Gasteiger partial charge in [-0.05, 0) is 52.9 Å². The van der Waals surface area contributed by atoms with Crippen LogP contribution in [0.2, 0.25) is 0 Å². The van der Waals surface area contributed by atoms with E-state index in [9.17, 15) is 19.5 Å². The molecule has 3 heterocycles. The molecule has 214 valence electrons. The minimum absolute atomic E-state index is 0.00117. The van der Waals surface area contributed by atoms with Crippen LogP contribution in [0.1, 0.15) is 74.1 Å². The number of amides is 3. The van der Waals surface area contributed by atoms with Gasteiger partial charge in [-0.15, -0.1) is 24.9 Å². The van der Waals surface area contributed by atoms with E-state index in [1.165, 1.54) is 0 Å². The maximum absolute atomic E-state index is 14.6. The Bertz CT molecular complexity index is 948. The van der Waals surface area contributed by atoms with Gasteiger partial charge in [0.05, 0.1) is 29.2 Å². The van der Waals surface area contributed by atoms with Crippen LogP contribution in [0.25, 0.3) is 0 Å². The molecule has 1 N–H and O–H groups in total. The zero-order chi connectivity index (χ0) is 28.6. The average Bonchev–Trinajstić information content (AvgIpc) is 3.42. The number of nitrogens with zero attached hydrogens (tertiary/aromatic N) is 3. The van der Waals surface area contributed by atoms with Crippen LogP contribution in [0, 0.1) is 17.8 Å². The highest BCUT2D eigenvalue weighted by Gasteiger charge is 2.78. The second-order valence-corrected chi connectivity index (χ2v) is 14.5. The van der Waals surface area contributed by atoms with E-state index in [2.05, 4.69) is 20.1 Å². The molecule has 0 aromatic heterocycles. The Kier molecular flexibility index (Phi) is 9.19. The molecule has 8 heteroatoms. The smallest absolute Gasteiger partial charge is 0.247 e. The first-order valence-electron chi connectivity index (χ1n) is 14.2. The van der Waals surface area contributed by atoms with Crippen molar-refractivity contribution in [3.8, 4) is 0 Å². The number of carbonyl (C=O) groups excluding carboxylic acids is 3. The molecule has 0 saturated carbocycles. The van der Waals surface area contributed by atoms with Gasteiger partial charge in [-0.2, -0.15) is 0 Å². The van der Waals surface area contributed by atoms with Crippen molar-refractivity contribution in [2.75, 3.05) is 26.2 Å². The Balaban J connectivity index is 2.20. The average molecular weight is 548 g/mol. The predicted octanol–water partition coefficient (Wildman–Crippen LogP) is 4.11. The summed E-state index contributed by atoms with van der Waals surface area (Å²) >= 11 is 1.69. The Labute approximate surface area is 234 Å². The molecule has 3 amide bonds. The number of thioether (sulfide) groups is 1. The number of aliphatic hydroxyl groups is 1. The normalized spacial score (nSPS) is 31.6. The standard InChI is InChI=1S/C30H49N3O4S/c1-10-16-31(17-11-2)25(35)22-23-26(36)33(21(19-34)20(5)13-4)24(30(23)15-14-29(22,9)38-30)27(37)32(18-12-3)28(6,7)8/h10,12,20-24,34H,1,3,11,13-19H2,2,4-9H3/t20-,21-,22-,23-,24?,29+,30?/m0/s1. The lowest BCUT2D eigenvalue weighted by Crippen LogP contribution is -2.61. The highest BCUT2D eigenvalue weighted by Crippen LogP contribution is 2.72. The van der Waals surface area contributed by atoms with Crippen molar-refractivity contribution in [3.63, 3.8) is 0 Å². The van der Waals surface area contributed by atoms with Crippen LogP contribution in [0.5, 0.6) is 0 Å². The number of rotatable bonds is 12. The number of likely N-dealkylation sites (tertiary alicyclic amines) is 1. The third-order valence-electron chi connectivity index (χ3n) is 9.10. The van der Waals surface area contributed by atoms with Crippen LogP contribution in [-0.2, 0) is 14.4 Å². The van der Waals surface area contributed by atoms with Gasteiger partial charge >= 0.3 is 0 Å². The molecule has 2 unspecified atom stereocenters. The van der Waals surface area contributed by atoms with E-state index in [0.29, 0.717) is 26.1 Å².